The summed E-state index contributed by atoms with van der Waals surface area (Å²) in [6.45, 7) is 2.78. The molecule has 2 aromatic heterocycles. The van der Waals surface area contributed by atoms with Gasteiger partial charge in [0.05, 0.1) is 12.9 Å². The Labute approximate surface area is 110 Å². The summed E-state index contributed by atoms with van der Waals surface area (Å²) in [5, 5.41) is 5.87. The van der Waals surface area contributed by atoms with Gasteiger partial charge < -0.3 is 20.5 Å². The van der Waals surface area contributed by atoms with E-state index in [1.54, 1.807) is 25.3 Å². The maximum Gasteiger partial charge on any atom is 0.241 e. The normalized spacial score (nSPS) is 10.5. The van der Waals surface area contributed by atoms with Crippen molar-refractivity contribution in [3.8, 4) is 0 Å². The van der Waals surface area contributed by atoms with Crippen LogP contribution in [0.25, 0.3) is 11.2 Å². The number of nitrogens with zero attached hydrogens (tertiary/aromatic N) is 4. The molecule has 2 aromatic rings. The highest BCUT2D eigenvalue weighted by Gasteiger charge is 2.11. The number of anilines is 2. The van der Waals surface area contributed by atoms with E-state index in [9.17, 15) is 4.79 Å². The average molecular weight is 263 g/mol. The van der Waals surface area contributed by atoms with E-state index in [0.29, 0.717) is 29.5 Å². The molecule has 0 saturated heterocycles. The van der Waals surface area contributed by atoms with E-state index in [0.717, 1.165) is 0 Å². The molecule has 8 heteroatoms. The summed E-state index contributed by atoms with van der Waals surface area (Å²) in [6, 6.07) is 0. The molecule has 0 atom stereocenters. The number of aromatic amines is 1. The number of carbonyl (C=O) groups is 1. The van der Waals surface area contributed by atoms with Crippen molar-refractivity contribution in [2.24, 2.45) is 0 Å². The number of H-pyrrole nitrogens is 1. The van der Waals surface area contributed by atoms with Crippen LogP contribution in [0.5, 0.6) is 0 Å². The van der Waals surface area contributed by atoms with Gasteiger partial charge >= 0.3 is 0 Å². The Morgan fingerprint density at radius 3 is 2.95 bits per heavy atom. The third-order valence-electron chi connectivity index (χ3n) is 2.82. The highest BCUT2D eigenvalue weighted by atomic mass is 16.2. The van der Waals surface area contributed by atoms with Crippen LogP contribution in [-0.4, -0.2) is 57.9 Å². The van der Waals surface area contributed by atoms with E-state index in [1.807, 2.05) is 6.92 Å². The predicted molar refractivity (Wildman–Crippen MR) is 73.0 cm³/mol. The molecule has 0 aromatic carbocycles. The molecular formula is C11H17N7O. The molecule has 0 bridgehead atoms. The molecular weight excluding hydrogens is 246 g/mol. The quantitative estimate of drug-likeness (QED) is 0.717. The standard InChI is InChI=1S/C11H17N7O/c1-4-18(3)7(19)5-13-9-8-10(15-6-14-8)17-11(12-2)16-9/h6H,4-5H2,1-3H3,(H3,12,13,14,15,16,17). The van der Waals surface area contributed by atoms with Crippen molar-refractivity contribution in [1.82, 2.24) is 24.8 Å². The van der Waals surface area contributed by atoms with Gasteiger partial charge in [-0.3, -0.25) is 4.79 Å². The highest BCUT2D eigenvalue weighted by molar-refractivity contribution is 5.87. The van der Waals surface area contributed by atoms with Crippen LogP contribution in [0.1, 0.15) is 6.92 Å². The van der Waals surface area contributed by atoms with Crippen LogP contribution in [0.15, 0.2) is 6.33 Å². The first-order valence-corrected chi connectivity index (χ1v) is 6.02. The fourth-order valence-electron chi connectivity index (χ4n) is 1.54. The summed E-state index contributed by atoms with van der Waals surface area (Å²) in [6.07, 6.45) is 1.55. The molecule has 0 aliphatic carbocycles. The number of nitrogens with one attached hydrogen (secondary N) is 3. The van der Waals surface area contributed by atoms with Crippen molar-refractivity contribution in [2.75, 3.05) is 37.8 Å². The molecule has 0 saturated carbocycles. The fraction of sp³-hybridized carbons (Fsp3) is 0.455. The van der Waals surface area contributed by atoms with Gasteiger partial charge in [0.2, 0.25) is 11.9 Å². The zero-order chi connectivity index (χ0) is 13.8. The molecule has 2 rings (SSSR count). The van der Waals surface area contributed by atoms with Crippen molar-refractivity contribution in [3.05, 3.63) is 6.33 Å². The van der Waals surface area contributed by atoms with Crippen LogP contribution >= 0.6 is 0 Å². The smallest absolute Gasteiger partial charge is 0.241 e. The second kappa shape index (κ2) is 5.51. The number of rotatable bonds is 5. The number of imidazole rings is 1. The van der Waals surface area contributed by atoms with Gasteiger partial charge in [0.15, 0.2) is 11.5 Å². The van der Waals surface area contributed by atoms with E-state index in [1.165, 1.54) is 0 Å². The summed E-state index contributed by atoms with van der Waals surface area (Å²) in [7, 11) is 3.49. The summed E-state index contributed by atoms with van der Waals surface area (Å²) in [4.78, 5) is 28.9. The summed E-state index contributed by atoms with van der Waals surface area (Å²) < 4.78 is 0. The minimum absolute atomic E-state index is 0.000199. The first kappa shape index (κ1) is 13.1. The highest BCUT2D eigenvalue weighted by Crippen LogP contribution is 2.17. The molecule has 0 spiro atoms. The Hall–Kier alpha value is -2.38. The van der Waals surface area contributed by atoms with Crippen LogP contribution < -0.4 is 10.6 Å². The first-order chi connectivity index (χ1) is 9.15. The second-order valence-electron chi connectivity index (χ2n) is 4.01. The lowest BCUT2D eigenvalue weighted by Gasteiger charge is -2.15. The van der Waals surface area contributed by atoms with Gasteiger partial charge in [0.1, 0.15) is 5.52 Å². The number of hydrogen-bond donors (Lipinski definition) is 3. The van der Waals surface area contributed by atoms with Crippen molar-refractivity contribution >= 4 is 28.8 Å². The molecule has 0 fully saturated rings. The Balaban J connectivity index is 2.19. The van der Waals surface area contributed by atoms with E-state index in [4.69, 9.17) is 0 Å². The van der Waals surface area contributed by atoms with Gasteiger partial charge in [-0.05, 0) is 6.92 Å². The zero-order valence-corrected chi connectivity index (χ0v) is 11.2. The largest absolute Gasteiger partial charge is 0.359 e. The lowest BCUT2D eigenvalue weighted by atomic mass is 10.4. The third-order valence-corrected chi connectivity index (χ3v) is 2.82. The molecule has 2 heterocycles. The topological polar surface area (TPSA) is 98.8 Å². The van der Waals surface area contributed by atoms with Gasteiger partial charge in [0.25, 0.3) is 0 Å². The lowest BCUT2D eigenvalue weighted by Crippen LogP contribution is -2.32. The van der Waals surface area contributed by atoms with Crippen LogP contribution in [0.3, 0.4) is 0 Å². The number of carbonyl (C=O) groups excluding carboxylic acids is 1. The number of amides is 1. The predicted octanol–water partition coefficient (Wildman–Crippen LogP) is 0.285. The third kappa shape index (κ3) is 2.72. The maximum absolute atomic E-state index is 11.8. The number of fused-ring (bicyclic) bond motifs is 1. The summed E-state index contributed by atoms with van der Waals surface area (Å²) >= 11 is 0. The molecule has 3 N–H and O–H groups in total. The fourth-order valence-corrected chi connectivity index (χ4v) is 1.54. The Bertz CT molecular complexity index is 579. The van der Waals surface area contributed by atoms with E-state index < -0.39 is 0 Å². The Morgan fingerprint density at radius 1 is 1.47 bits per heavy atom. The Morgan fingerprint density at radius 2 is 2.26 bits per heavy atom. The monoisotopic (exact) mass is 263 g/mol. The first-order valence-electron chi connectivity index (χ1n) is 6.02. The second-order valence-corrected chi connectivity index (χ2v) is 4.01. The van der Waals surface area contributed by atoms with Gasteiger partial charge in [-0.1, -0.05) is 0 Å². The van der Waals surface area contributed by atoms with Crippen LogP contribution in [0.2, 0.25) is 0 Å². The summed E-state index contributed by atoms with van der Waals surface area (Å²) in [5.41, 5.74) is 1.24. The maximum atomic E-state index is 11.8. The van der Waals surface area contributed by atoms with Crippen molar-refractivity contribution in [2.45, 2.75) is 6.92 Å². The molecule has 0 aliphatic rings. The van der Waals surface area contributed by atoms with E-state index >= 15 is 0 Å². The number of aromatic nitrogens is 4. The molecule has 0 aliphatic heterocycles. The average Bonchev–Trinajstić information content (AvgIpc) is 2.91. The van der Waals surface area contributed by atoms with Crippen LogP contribution in [-0.2, 0) is 4.79 Å². The molecule has 19 heavy (non-hydrogen) atoms. The van der Waals surface area contributed by atoms with Crippen molar-refractivity contribution in [1.29, 1.82) is 0 Å². The minimum Gasteiger partial charge on any atom is -0.359 e. The van der Waals surface area contributed by atoms with Crippen molar-refractivity contribution < 1.29 is 4.79 Å². The molecule has 102 valence electrons. The van der Waals surface area contributed by atoms with Crippen LogP contribution in [0.4, 0.5) is 11.8 Å². The minimum atomic E-state index is -0.000199. The number of likely N-dealkylation sites (N-methyl/N-ethyl adjacent to an activating group) is 1. The molecule has 8 nitrogen and oxygen atoms in total. The molecule has 0 unspecified atom stereocenters. The Kier molecular flexibility index (Phi) is 3.79. The molecule has 1 amide bonds. The summed E-state index contributed by atoms with van der Waals surface area (Å²) in [5.74, 6) is 1.02. The number of hydrogen-bond acceptors (Lipinski definition) is 6. The van der Waals surface area contributed by atoms with E-state index in [-0.39, 0.29) is 12.5 Å². The SMILES string of the molecule is CCN(C)C(=O)CNc1nc(NC)nc2nc[nH]c12. The van der Waals surface area contributed by atoms with Gasteiger partial charge in [-0.2, -0.15) is 9.97 Å². The van der Waals surface area contributed by atoms with Gasteiger partial charge in [-0.15, -0.1) is 0 Å². The zero-order valence-electron chi connectivity index (χ0n) is 11.2. The van der Waals surface area contributed by atoms with Gasteiger partial charge in [-0.25, -0.2) is 4.98 Å². The lowest BCUT2D eigenvalue weighted by molar-refractivity contribution is -0.127. The van der Waals surface area contributed by atoms with Crippen molar-refractivity contribution in [3.63, 3.8) is 0 Å². The molecule has 0 radical (unpaired) electrons. The van der Waals surface area contributed by atoms with Gasteiger partial charge in [0, 0.05) is 20.6 Å². The van der Waals surface area contributed by atoms with Crippen LogP contribution in [0, 0.1) is 0 Å². The van der Waals surface area contributed by atoms with E-state index in [2.05, 4.69) is 30.6 Å².